The van der Waals surface area contributed by atoms with Gasteiger partial charge in [0.2, 0.25) is 0 Å². The van der Waals surface area contributed by atoms with Gasteiger partial charge in [0.05, 0.1) is 18.1 Å². The minimum atomic E-state index is -1.16. The zero-order chi connectivity index (χ0) is 18.8. The number of hydrogen-bond acceptors (Lipinski definition) is 3. The Balaban J connectivity index is 1.49. The topological polar surface area (TPSA) is 64.7 Å². The predicted molar refractivity (Wildman–Crippen MR) is 101 cm³/mol. The molecule has 5 saturated carbocycles. The summed E-state index contributed by atoms with van der Waals surface area (Å²) in [6.07, 6.45) is 7.85. The van der Waals surface area contributed by atoms with Gasteiger partial charge in [-0.15, -0.1) is 0 Å². The van der Waals surface area contributed by atoms with Gasteiger partial charge < -0.3 is 0 Å². The molecule has 0 saturated heterocycles. The van der Waals surface area contributed by atoms with Crippen LogP contribution in [0, 0.1) is 57.2 Å². The Morgan fingerprint density at radius 1 is 1.00 bits per heavy atom. The number of ketones is 1. The van der Waals surface area contributed by atoms with Crippen LogP contribution in [0.2, 0.25) is 0 Å². The highest BCUT2D eigenvalue weighted by Gasteiger charge is 2.73. The lowest BCUT2D eigenvalue weighted by molar-refractivity contribution is -0.145. The third kappa shape index (κ3) is 2.27. The Morgan fingerprint density at radius 3 is 1.96 bits per heavy atom. The van der Waals surface area contributed by atoms with Crippen LogP contribution in [0.5, 0.6) is 0 Å². The van der Waals surface area contributed by atoms with Crippen LogP contribution in [0.4, 0.5) is 0 Å². The van der Waals surface area contributed by atoms with Gasteiger partial charge in [-0.3, -0.25) is 4.79 Å². The van der Waals surface area contributed by atoms with Gasteiger partial charge in [-0.1, -0.05) is 31.2 Å². The van der Waals surface area contributed by atoms with Crippen LogP contribution in [-0.2, 0) is 11.2 Å². The number of carbonyl (C=O) groups excluding carboxylic acids is 1. The Hall–Kier alpha value is -2.13. The molecule has 2 atom stereocenters. The van der Waals surface area contributed by atoms with Crippen molar-refractivity contribution >= 4 is 5.78 Å². The van der Waals surface area contributed by atoms with Gasteiger partial charge in [0, 0.05) is 11.3 Å². The van der Waals surface area contributed by atoms with E-state index in [-0.39, 0.29) is 17.1 Å². The Bertz CT molecular complexity index is 820. The summed E-state index contributed by atoms with van der Waals surface area (Å²) in [5.74, 6) is 1.64. The van der Waals surface area contributed by atoms with Gasteiger partial charge in [-0.05, 0) is 73.8 Å². The summed E-state index contributed by atoms with van der Waals surface area (Å²) in [6, 6.07) is 12.7. The van der Waals surface area contributed by atoms with E-state index in [0.29, 0.717) is 17.8 Å². The Labute approximate surface area is 161 Å². The molecule has 3 heteroatoms. The average molecular weight is 358 g/mol. The summed E-state index contributed by atoms with van der Waals surface area (Å²) in [6.45, 7) is 2.11. The van der Waals surface area contributed by atoms with Crippen LogP contribution < -0.4 is 0 Å². The zero-order valence-corrected chi connectivity index (χ0v) is 15.9. The fourth-order valence-electron chi connectivity index (χ4n) is 7.21. The standard InChI is InChI=1S/C24H26N2O/c1-2-15-3-5-19(6-4-15)20-21(24(20,13-25)14-26)22(27)23-10-16-7-17(11-23)9-18(8-16)12-23/h3-6,16-18,20-21H,2,7-12H2,1H3/t16?,17?,18?,20-,21-,23?/m1/s1. The molecule has 0 aromatic heterocycles. The number of benzene rings is 1. The van der Waals surface area contributed by atoms with Crippen molar-refractivity contribution in [2.24, 2.45) is 34.5 Å². The monoisotopic (exact) mass is 358 g/mol. The maximum atomic E-state index is 13.8. The van der Waals surface area contributed by atoms with Gasteiger partial charge in [0.25, 0.3) is 0 Å². The molecule has 1 aromatic carbocycles. The van der Waals surface area contributed by atoms with E-state index in [1.54, 1.807) is 0 Å². The van der Waals surface area contributed by atoms with Crippen molar-refractivity contribution in [3.05, 3.63) is 35.4 Å². The quantitative estimate of drug-likeness (QED) is 0.778. The van der Waals surface area contributed by atoms with Crippen LogP contribution in [0.15, 0.2) is 24.3 Å². The number of nitriles is 2. The van der Waals surface area contributed by atoms with Crippen LogP contribution in [0.25, 0.3) is 0 Å². The first-order valence-corrected chi connectivity index (χ1v) is 10.5. The molecule has 6 rings (SSSR count). The molecule has 0 amide bonds. The highest BCUT2D eigenvalue weighted by molar-refractivity contribution is 5.94. The maximum Gasteiger partial charge on any atom is 0.161 e. The van der Waals surface area contributed by atoms with Gasteiger partial charge in [-0.2, -0.15) is 10.5 Å². The third-order valence-corrected chi connectivity index (χ3v) is 8.17. The number of carbonyl (C=O) groups is 1. The first-order valence-electron chi connectivity index (χ1n) is 10.5. The first kappa shape index (κ1) is 17.0. The van der Waals surface area contributed by atoms with Crippen LogP contribution in [0.3, 0.4) is 0 Å². The number of aryl methyl sites for hydroxylation is 1. The van der Waals surface area contributed by atoms with E-state index in [1.165, 1.54) is 24.8 Å². The molecule has 5 aliphatic carbocycles. The lowest BCUT2D eigenvalue weighted by Crippen LogP contribution is -2.50. The molecule has 5 fully saturated rings. The second-order valence-electron chi connectivity index (χ2n) is 9.71. The molecular weight excluding hydrogens is 332 g/mol. The SMILES string of the molecule is CCc1ccc([C@@H]2[C@H](C(=O)C34CC5CC(CC(C5)C3)C4)C2(C#N)C#N)cc1. The number of hydrogen-bond donors (Lipinski definition) is 0. The van der Waals surface area contributed by atoms with Gasteiger partial charge >= 0.3 is 0 Å². The summed E-state index contributed by atoms with van der Waals surface area (Å²) in [4.78, 5) is 13.8. The van der Waals surface area contributed by atoms with Crippen molar-refractivity contribution in [1.82, 2.24) is 0 Å². The first-order chi connectivity index (χ1) is 13.0. The summed E-state index contributed by atoms with van der Waals surface area (Å²) in [5.41, 5.74) is 0.825. The summed E-state index contributed by atoms with van der Waals surface area (Å²) in [7, 11) is 0. The molecule has 3 nitrogen and oxygen atoms in total. The summed E-state index contributed by atoms with van der Waals surface area (Å²) >= 11 is 0. The Morgan fingerprint density at radius 2 is 1.52 bits per heavy atom. The second kappa shape index (κ2) is 5.68. The van der Waals surface area contributed by atoms with Crippen molar-refractivity contribution in [3.63, 3.8) is 0 Å². The molecular formula is C24H26N2O. The number of rotatable bonds is 4. The van der Waals surface area contributed by atoms with E-state index in [0.717, 1.165) is 31.2 Å². The average Bonchev–Trinajstić information content (AvgIpc) is 3.35. The summed E-state index contributed by atoms with van der Waals surface area (Å²) in [5, 5.41) is 19.7. The molecule has 138 valence electrons. The van der Waals surface area contributed by atoms with E-state index in [2.05, 4.69) is 31.2 Å². The van der Waals surface area contributed by atoms with Crippen molar-refractivity contribution in [3.8, 4) is 12.1 Å². The molecule has 0 spiro atoms. The highest BCUT2D eigenvalue weighted by Crippen LogP contribution is 2.70. The molecule has 0 unspecified atom stereocenters. The van der Waals surface area contributed by atoms with Gasteiger partial charge in [0.15, 0.2) is 5.41 Å². The minimum absolute atomic E-state index is 0.240. The van der Waals surface area contributed by atoms with Crippen LogP contribution >= 0.6 is 0 Å². The fourth-order valence-corrected chi connectivity index (χ4v) is 7.21. The predicted octanol–water partition coefficient (Wildman–Crippen LogP) is 4.78. The van der Waals surface area contributed by atoms with E-state index in [1.807, 2.05) is 12.1 Å². The smallest absolute Gasteiger partial charge is 0.161 e. The lowest BCUT2D eigenvalue weighted by Gasteiger charge is -2.56. The third-order valence-electron chi connectivity index (χ3n) is 8.17. The van der Waals surface area contributed by atoms with Crippen molar-refractivity contribution in [2.75, 3.05) is 0 Å². The number of nitrogens with zero attached hydrogens (tertiary/aromatic N) is 2. The second-order valence-corrected chi connectivity index (χ2v) is 9.71. The maximum absolute atomic E-state index is 13.8. The minimum Gasteiger partial charge on any atom is -0.299 e. The van der Waals surface area contributed by atoms with Gasteiger partial charge in [-0.25, -0.2) is 0 Å². The van der Waals surface area contributed by atoms with Crippen LogP contribution in [-0.4, -0.2) is 5.78 Å². The fraction of sp³-hybridized carbons (Fsp3) is 0.625. The van der Waals surface area contributed by atoms with Gasteiger partial charge in [0.1, 0.15) is 5.78 Å². The molecule has 0 radical (unpaired) electrons. The normalized spacial score (nSPS) is 40.2. The van der Waals surface area contributed by atoms with Crippen molar-refractivity contribution in [1.29, 1.82) is 10.5 Å². The lowest BCUT2D eigenvalue weighted by atomic mass is 9.48. The molecule has 5 aliphatic rings. The highest BCUT2D eigenvalue weighted by atomic mass is 16.1. The number of Topliss-reactive ketones (excluding diaryl/α,β-unsaturated/α-hetero) is 1. The van der Waals surface area contributed by atoms with Crippen LogP contribution in [0.1, 0.15) is 62.5 Å². The molecule has 0 aliphatic heterocycles. The zero-order valence-electron chi connectivity index (χ0n) is 15.9. The van der Waals surface area contributed by atoms with E-state index < -0.39 is 11.3 Å². The summed E-state index contributed by atoms with van der Waals surface area (Å²) < 4.78 is 0. The molecule has 0 N–H and O–H groups in total. The molecule has 1 aromatic rings. The van der Waals surface area contributed by atoms with E-state index in [9.17, 15) is 15.3 Å². The Kier molecular flexibility index (Phi) is 3.58. The van der Waals surface area contributed by atoms with Crippen molar-refractivity contribution < 1.29 is 4.79 Å². The molecule has 4 bridgehead atoms. The molecule has 27 heavy (non-hydrogen) atoms. The largest absolute Gasteiger partial charge is 0.299 e. The van der Waals surface area contributed by atoms with E-state index >= 15 is 0 Å². The van der Waals surface area contributed by atoms with Crippen molar-refractivity contribution in [2.45, 2.75) is 57.8 Å². The van der Waals surface area contributed by atoms with E-state index in [4.69, 9.17) is 0 Å². The molecule has 0 heterocycles.